The third kappa shape index (κ3) is 4.73. The Labute approximate surface area is 146 Å². The van der Waals surface area contributed by atoms with Crippen molar-refractivity contribution in [1.29, 1.82) is 0 Å². The van der Waals surface area contributed by atoms with Gasteiger partial charge in [-0.05, 0) is 42.8 Å². The van der Waals surface area contributed by atoms with Gasteiger partial charge in [0.25, 0.3) is 0 Å². The quantitative estimate of drug-likeness (QED) is 0.487. The lowest BCUT2D eigenvalue weighted by Crippen LogP contribution is -2.07. The minimum atomic E-state index is -0.261. The van der Waals surface area contributed by atoms with Crippen molar-refractivity contribution in [1.82, 2.24) is 9.97 Å². The summed E-state index contributed by atoms with van der Waals surface area (Å²) in [5.41, 5.74) is 1.81. The smallest absolute Gasteiger partial charge is 0.311 e. The molecule has 0 aliphatic heterocycles. The minimum absolute atomic E-state index is 0.237. The van der Waals surface area contributed by atoms with Crippen LogP contribution in [0.2, 0.25) is 0 Å². The van der Waals surface area contributed by atoms with Crippen LogP contribution in [0.3, 0.4) is 0 Å². The summed E-state index contributed by atoms with van der Waals surface area (Å²) in [5.74, 6) is 1.42. The van der Waals surface area contributed by atoms with Crippen LogP contribution in [0, 0.1) is 0 Å². The molecule has 0 amide bonds. The van der Waals surface area contributed by atoms with Crippen LogP contribution in [-0.4, -0.2) is 36.2 Å². The van der Waals surface area contributed by atoms with Crippen molar-refractivity contribution < 1.29 is 14.3 Å². The maximum absolute atomic E-state index is 11.4. The maximum atomic E-state index is 11.4. The summed E-state index contributed by atoms with van der Waals surface area (Å²) in [6.07, 6.45) is 2.87. The number of fused-ring (bicyclic) bond motifs is 1. The zero-order chi connectivity index (χ0) is 17.5. The van der Waals surface area contributed by atoms with Gasteiger partial charge in [-0.2, -0.15) is 0 Å². The molecule has 1 aromatic carbocycles. The summed E-state index contributed by atoms with van der Waals surface area (Å²) in [6.45, 7) is 1.41. The third-order valence-electron chi connectivity index (χ3n) is 3.77. The molecule has 2 aromatic heterocycles. The Morgan fingerprint density at radius 3 is 2.96 bits per heavy atom. The van der Waals surface area contributed by atoms with E-state index in [9.17, 15) is 4.79 Å². The average Bonchev–Trinajstić information content (AvgIpc) is 3.03. The first-order valence-corrected chi connectivity index (χ1v) is 8.21. The highest BCUT2D eigenvalue weighted by Crippen LogP contribution is 2.22. The Balaban J connectivity index is 1.49. The molecule has 6 nitrogen and oxygen atoms in total. The highest BCUT2D eigenvalue weighted by Gasteiger charge is 2.07. The molecule has 0 aliphatic carbocycles. The van der Waals surface area contributed by atoms with E-state index in [-0.39, 0.29) is 12.4 Å². The van der Waals surface area contributed by atoms with E-state index in [1.807, 2.05) is 42.5 Å². The first kappa shape index (κ1) is 16.8. The van der Waals surface area contributed by atoms with Gasteiger partial charge in [0.2, 0.25) is 0 Å². The number of nitrogens with zero attached hydrogens (tertiary/aromatic N) is 1. The van der Waals surface area contributed by atoms with E-state index in [1.165, 1.54) is 7.11 Å². The molecule has 2 N–H and O–H groups in total. The molecule has 130 valence electrons. The molecule has 0 saturated carbocycles. The third-order valence-corrected chi connectivity index (χ3v) is 3.77. The zero-order valence-electron chi connectivity index (χ0n) is 14.1. The van der Waals surface area contributed by atoms with Gasteiger partial charge in [-0.3, -0.25) is 4.79 Å². The fourth-order valence-electron chi connectivity index (χ4n) is 2.53. The molecular weight excluding hydrogens is 318 g/mol. The minimum Gasteiger partial charge on any atom is -0.494 e. The van der Waals surface area contributed by atoms with E-state index in [0.29, 0.717) is 6.61 Å². The normalized spacial score (nSPS) is 10.6. The molecule has 3 aromatic rings. The summed E-state index contributed by atoms with van der Waals surface area (Å²) in [5, 5.41) is 4.26. The van der Waals surface area contributed by atoms with Gasteiger partial charge in [0.1, 0.15) is 11.6 Å². The van der Waals surface area contributed by atoms with Crippen LogP contribution < -0.4 is 10.1 Å². The predicted octanol–water partition coefficient (Wildman–Crippen LogP) is 3.16. The van der Waals surface area contributed by atoms with Crippen molar-refractivity contribution in [2.45, 2.75) is 12.8 Å². The number of benzene rings is 1. The van der Waals surface area contributed by atoms with Crippen LogP contribution in [0.1, 0.15) is 12.1 Å². The Bertz CT molecular complexity index is 830. The van der Waals surface area contributed by atoms with Crippen LogP contribution in [-0.2, 0) is 16.0 Å². The number of H-pyrrole nitrogens is 1. The second-order valence-electron chi connectivity index (χ2n) is 5.64. The van der Waals surface area contributed by atoms with Crippen molar-refractivity contribution >= 4 is 22.7 Å². The summed E-state index contributed by atoms with van der Waals surface area (Å²) in [6, 6.07) is 13.6. The van der Waals surface area contributed by atoms with E-state index in [2.05, 4.69) is 20.0 Å². The van der Waals surface area contributed by atoms with Crippen molar-refractivity contribution in [3.63, 3.8) is 0 Å². The second kappa shape index (κ2) is 8.19. The fraction of sp³-hybridized carbons (Fsp3) is 0.263. The van der Waals surface area contributed by atoms with Gasteiger partial charge in [0, 0.05) is 29.3 Å². The number of carbonyl (C=O) groups is 1. The van der Waals surface area contributed by atoms with Gasteiger partial charge in [-0.15, -0.1) is 0 Å². The Kier molecular flexibility index (Phi) is 5.51. The SMILES string of the molecule is COC(=O)Cc1cc2cc(OCCCNc3ccccn3)ccc2[nH]1. The molecule has 0 fully saturated rings. The molecule has 0 saturated heterocycles. The van der Waals surface area contributed by atoms with Crippen molar-refractivity contribution in [2.24, 2.45) is 0 Å². The molecule has 0 atom stereocenters. The topological polar surface area (TPSA) is 76.2 Å². The maximum Gasteiger partial charge on any atom is 0.311 e. The molecule has 2 heterocycles. The van der Waals surface area contributed by atoms with E-state index in [1.54, 1.807) is 6.20 Å². The first-order valence-electron chi connectivity index (χ1n) is 8.21. The highest BCUT2D eigenvalue weighted by molar-refractivity contribution is 5.83. The van der Waals surface area contributed by atoms with Gasteiger partial charge in [0.05, 0.1) is 20.1 Å². The number of esters is 1. The number of hydrogen-bond donors (Lipinski definition) is 2. The van der Waals surface area contributed by atoms with Gasteiger partial charge < -0.3 is 19.8 Å². The number of carbonyl (C=O) groups excluding carboxylic acids is 1. The summed E-state index contributed by atoms with van der Waals surface area (Å²) >= 11 is 0. The molecule has 0 aliphatic rings. The molecule has 0 radical (unpaired) electrons. The Hall–Kier alpha value is -3.02. The van der Waals surface area contributed by atoms with Gasteiger partial charge in [0.15, 0.2) is 0 Å². The summed E-state index contributed by atoms with van der Waals surface area (Å²) in [4.78, 5) is 18.8. The van der Waals surface area contributed by atoms with Gasteiger partial charge >= 0.3 is 5.97 Å². The number of aromatic amines is 1. The van der Waals surface area contributed by atoms with Crippen molar-refractivity contribution in [3.8, 4) is 5.75 Å². The lowest BCUT2D eigenvalue weighted by atomic mass is 10.2. The van der Waals surface area contributed by atoms with Crippen LogP contribution in [0.15, 0.2) is 48.7 Å². The lowest BCUT2D eigenvalue weighted by molar-refractivity contribution is -0.139. The standard InChI is InChI=1S/C19H21N3O3/c1-24-19(23)13-15-11-14-12-16(6-7-17(14)22-15)25-10-4-9-21-18-5-2-3-8-20-18/h2-3,5-8,11-12,22H,4,9-10,13H2,1H3,(H,20,21). The zero-order valence-corrected chi connectivity index (χ0v) is 14.1. The van der Waals surface area contributed by atoms with Crippen LogP contribution in [0.4, 0.5) is 5.82 Å². The number of anilines is 1. The lowest BCUT2D eigenvalue weighted by Gasteiger charge is -2.07. The van der Waals surface area contributed by atoms with E-state index in [0.717, 1.165) is 41.1 Å². The largest absolute Gasteiger partial charge is 0.494 e. The number of ether oxygens (including phenoxy) is 2. The Morgan fingerprint density at radius 1 is 1.24 bits per heavy atom. The number of pyridine rings is 1. The van der Waals surface area contributed by atoms with Crippen molar-refractivity contribution in [3.05, 3.63) is 54.4 Å². The van der Waals surface area contributed by atoms with E-state index < -0.39 is 0 Å². The first-order chi connectivity index (χ1) is 12.2. The van der Waals surface area contributed by atoms with Gasteiger partial charge in [-0.1, -0.05) is 6.07 Å². The number of nitrogens with one attached hydrogen (secondary N) is 2. The fourth-order valence-corrected chi connectivity index (χ4v) is 2.53. The second-order valence-corrected chi connectivity index (χ2v) is 5.64. The highest BCUT2D eigenvalue weighted by atomic mass is 16.5. The molecule has 0 unspecified atom stereocenters. The molecule has 3 rings (SSSR count). The molecule has 0 bridgehead atoms. The van der Waals surface area contributed by atoms with E-state index in [4.69, 9.17) is 4.74 Å². The number of hydrogen-bond acceptors (Lipinski definition) is 5. The van der Waals surface area contributed by atoms with Gasteiger partial charge in [-0.25, -0.2) is 4.98 Å². The summed E-state index contributed by atoms with van der Waals surface area (Å²) < 4.78 is 10.5. The summed E-state index contributed by atoms with van der Waals surface area (Å²) in [7, 11) is 1.39. The molecule has 6 heteroatoms. The van der Waals surface area contributed by atoms with Crippen LogP contribution >= 0.6 is 0 Å². The predicted molar refractivity (Wildman–Crippen MR) is 96.9 cm³/mol. The number of aromatic nitrogens is 2. The number of rotatable bonds is 8. The molecule has 0 spiro atoms. The van der Waals surface area contributed by atoms with Crippen LogP contribution in [0.25, 0.3) is 10.9 Å². The molecular formula is C19H21N3O3. The average molecular weight is 339 g/mol. The monoisotopic (exact) mass is 339 g/mol. The molecule has 25 heavy (non-hydrogen) atoms. The van der Waals surface area contributed by atoms with Crippen molar-refractivity contribution in [2.75, 3.05) is 25.6 Å². The van der Waals surface area contributed by atoms with Crippen LogP contribution in [0.5, 0.6) is 5.75 Å². The Morgan fingerprint density at radius 2 is 2.16 bits per heavy atom. The number of methoxy groups -OCH3 is 1. The van der Waals surface area contributed by atoms with E-state index >= 15 is 0 Å².